The summed E-state index contributed by atoms with van der Waals surface area (Å²) in [5.74, 6) is -21.9. The predicted molar refractivity (Wildman–Crippen MR) is 457 cm³/mol. The molecular formula is C79H86Br2ClF9N6O27S6. The van der Waals surface area contributed by atoms with E-state index in [0.29, 0.717) is 74.7 Å². The maximum Gasteiger partial charge on any atom is 0.382 e. The molecule has 0 fully saturated rings. The van der Waals surface area contributed by atoms with Crippen molar-refractivity contribution in [3.05, 3.63) is 206 Å². The van der Waals surface area contributed by atoms with E-state index in [9.17, 15) is 129 Å². The molecule has 0 spiro atoms. The number of methoxy groups -OCH3 is 5. The number of fused-ring (bicyclic) bond motifs is 3. The lowest BCUT2D eigenvalue weighted by molar-refractivity contribution is -0.173. The number of nitrogens with one attached hydrogen (secondary N) is 3. The molecule has 7 aromatic carbocycles. The van der Waals surface area contributed by atoms with Crippen LogP contribution in [-0.2, 0) is 134 Å². The van der Waals surface area contributed by atoms with Gasteiger partial charge in [-0.2, -0.15) is 43.7 Å². The van der Waals surface area contributed by atoms with Crippen LogP contribution in [0.15, 0.2) is 129 Å². The number of benzene rings is 7. The first-order valence-corrected chi connectivity index (χ1v) is 48.0. The van der Waals surface area contributed by atoms with Gasteiger partial charge in [-0.25, -0.2) is 97.8 Å². The number of halogens is 12. The molecule has 0 saturated carbocycles. The van der Waals surface area contributed by atoms with Gasteiger partial charge in [0.05, 0.1) is 118 Å². The van der Waals surface area contributed by atoms with Crippen LogP contribution in [0.4, 0.5) is 39.5 Å². The summed E-state index contributed by atoms with van der Waals surface area (Å²) in [6.45, 7) is 7.96. The Morgan fingerprint density at radius 2 is 0.862 bits per heavy atom. The van der Waals surface area contributed by atoms with Crippen LogP contribution in [0.5, 0.6) is 0 Å². The van der Waals surface area contributed by atoms with Crippen LogP contribution >= 0.6 is 42.5 Å². The maximum atomic E-state index is 14.7. The Labute approximate surface area is 763 Å². The molecule has 0 radical (unpaired) electrons. The molecule has 0 bridgehead atoms. The third-order valence-corrected chi connectivity index (χ3v) is 30.7. The van der Waals surface area contributed by atoms with Crippen molar-refractivity contribution in [3.63, 3.8) is 0 Å². The number of aliphatic hydroxyl groups excluding tert-OH is 1. The van der Waals surface area contributed by atoms with Gasteiger partial charge in [0.25, 0.3) is 26.8 Å². The van der Waals surface area contributed by atoms with E-state index in [2.05, 4.69) is 65.0 Å². The number of aliphatic hydroxyl groups is 1. The van der Waals surface area contributed by atoms with Gasteiger partial charge in [0.1, 0.15) is 19.0 Å². The molecule has 714 valence electrons. The second kappa shape index (κ2) is 43.0. The fraction of sp³-hybridized carbons (Fsp3) is 0.354. The third kappa shape index (κ3) is 24.8. The Hall–Kier alpha value is -9.55. The highest BCUT2D eigenvalue weighted by Crippen LogP contribution is 2.45. The van der Waals surface area contributed by atoms with Crippen molar-refractivity contribution >= 4 is 154 Å². The minimum Gasteiger partial charge on any atom is -0.480 e. The standard InChI is InChI=1S/C22H21F3N2O4S.C14H17F2NO6S.C12H15F2NO5S.C12H13F2NO4S.C10H12BrNO4S.C9H8BrClO4S/c1-12-6-20-18(22(24,25)11-26(3)32(20,30)31)8-14(12)7-16-13(2)27(10-21(28)29)19-5-4-15(23)9-17(16)19;1-5-23-13(19)14(15,16)10-7-9(12(18)22-4)8(2)6-11(10)24(20,21)17-3;1-7-4-10(21(18,19)15-2)9(12(13,14)6-16)5-8(7)11(17)20-3;1-7-4-10-9(5-8(7)11(16)19-3)12(13,14)6-15(2)20(10,17)18;1-6-4-9(17(14,15)12-2)8(11)5-7(6)10(13)16-3;1-5-3-8(16(11,13)14)7(10)4-6(5)9(12)15-2/h4-6,8-9H,7,10-11H2,1-3H3,(H,28,29);6-7,17H,5H2,1-4H3;4-5,15-16H,6H2,1-3H3;4-5H,6H2,1-3H3;4-5,12H,1-3H3;3-4H,1-2H3. The molecule has 5 N–H and O–H groups in total. The van der Waals surface area contributed by atoms with E-state index in [1.54, 1.807) is 27.7 Å². The molecule has 1 aromatic heterocycles. The molecule has 0 aliphatic carbocycles. The van der Waals surface area contributed by atoms with Gasteiger partial charge in [0.15, 0.2) is 0 Å². The average Bonchev–Trinajstić information content (AvgIpc) is 0.934. The quantitative estimate of drug-likeness (QED) is 0.0193. The third-order valence-electron chi connectivity index (χ3n) is 19.5. The first-order chi connectivity index (χ1) is 59.7. The first kappa shape index (κ1) is 111. The van der Waals surface area contributed by atoms with Gasteiger partial charge in [-0.05, 0) is 244 Å². The Balaban J connectivity index is 0.000000281. The number of hydrogen-bond acceptors (Lipinski definition) is 26. The Kier molecular flexibility index (Phi) is 36.7. The monoisotopic (exact) mass is 2110 g/mol. The lowest BCUT2D eigenvalue weighted by Gasteiger charge is -2.32. The Bertz CT molecular complexity index is 6550. The van der Waals surface area contributed by atoms with Crippen LogP contribution < -0.4 is 14.2 Å². The van der Waals surface area contributed by atoms with Gasteiger partial charge < -0.3 is 43.2 Å². The summed E-state index contributed by atoms with van der Waals surface area (Å²) in [5.41, 5.74) is 0.904. The molecule has 2 aliphatic rings. The summed E-state index contributed by atoms with van der Waals surface area (Å²) in [4.78, 5) is 78.0. The van der Waals surface area contributed by atoms with E-state index in [-0.39, 0.29) is 67.2 Å². The van der Waals surface area contributed by atoms with E-state index in [1.165, 1.54) is 108 Å². The summed E-state index contributed by atoms with van der Waals surface area (Å²) >= 11 is 6.17. The molecule has 130 heavy (non-hydrogen) atoms. The van der Waals surface area contributed by atoms with Gasteiger partial charge in [0, 0.05) is 73.4 Å². The number of nitrogens with zero attached hydrogens (tertiary/aromatic N) is 3. The highest BCUT2D eigenvalue weighted by molar-refractivity contribution is 9.10. The predicted octanol–water partition coefficient (Wildman–Crippen LogP) is 11.3. The highest BCUT2D eigenvalue weighted by atomic mass is 79.9. The Morgan fingerprint density at radius 1 is 0.515 bits per heavy atom. The SMILES string of the molecule is CCOC(=O)C(F)(F)c1cc(C(=O)OC)c(C)cc1S(=O)(=O)NC.CNS(=O)(=O)c1cc(C)c(C(=O)OC)cc1Br.CNS(=O)(=O)c1cc(C)c(C(=O)OC)cc1C(F)(F)CO.COC(=O)c1cc(Br)c(S(=O)(=O)Cl)cc1C.COC(=O)c1cc2c(cc1C)S(=O)(=O)N(C)CC2(F)F.Cc1cc2c(cc1Cc1c(C)n(CC(=O)O)c3ccc(F)cc13)C(F)(F)CN(C)S2(=O)=O. The first-order valence-electron chi connectivity index (χ1n) is 36.7. The van der Waals surface area contributed by atoms with Crippen molar-refractivity contribution in [3.8, 4) is 0 Å². The number of carboxylic acid groups (broad SMARTS) is 1. The molecule has 10 rings (SSSR count). The fourth-order valence-corrected chi connectivity index (χ4v) is 21.7. The van der Waals surface area contributed by atoms with Crippen LogP contribution in [0.2, 0.25) is 0 Å². The molecule has 3 heterocycles. The van der Waals surface area contributed by atoms with Crippen LogP contribution in [0, 0.1) is 54.3 Å². The summed E-state index contributed by atoms with van der Waals surface area (Å²) in [5, 5.41) is 18.5. The van der Waals surface area contributed by atoms with Crippen molar-refractivity contribution in [1.29, 1.82) is 0 Å². The number of sulfonamides is 5. The summed E-state index contributed by atoms with van der Waals surface area (Å²) in [6.07, 6.45) is 0.115. The minimum absolute atomic E-state index is 0.0642. The lowest BCUT2D eigenvalue weighted by Crippen LogP contribution is -2.43. The number of hydrogen-bond donors (Lipinski definition) is 5. The number of aryl methyl sites for hydroxylation is 6. The number of carboxylic acids is 1. The number of likely N-dealkylation sites (N-methyl/N-ethyl adjacent to an activating group) is 2. The van der Waals surface area contributed by atoms with Gasteiger partial charge >= 0.3 is 47.7 Å². The molecule has 8 aromatic rings. The number of carbonyl (C=O) groups is 7. The number of carbonyl (C=O) groups excluding carboxylic acids is 6. The van der Waals surface area contributed by atoms with Gasteiger partial charge in [-0.1, -0.05) is 0 Å². The van der Waals surface area contributed by atoms with Crippen LogP contribution in [0.1, 0.15) is 131 Å². The lowest BCUT2D eigenvalue weighted by atomic mass is 9.94. The van der Waals surface area contributed by atoms with Crippen molar-refractivity contribution in [2.45, 2.75) is 121 Å². The van der Waals surface area contributed by atoms with E-state index in [1.807, 2.05) is 9.44 Å². The number of rotatable bonds is 21. The average molecular weight is 2110 g/mol. The smallest absolute Gasteiger partial charge is 0.382 e. The summed E-state index contributed by atoms with van der Waals surface area (Å²) < 4.78 is 307. The number of alkyl halides is 8. The maximum absolute atomic E-state index is 14.7. The minimum atomic E-state index is -4.32. The van der Waals surface area contributed by atoms with Crippen molar-refractivity contribution in [1.82, 2.24) is 27.3 Å². The molecular weight excluding hydrogens is 2020 g/mol. The van der Waals surface area contributed by atoms with Gasteiger partial charge in [-0.15, -0.1) is 0 Å². The van der Waals surface area contributed by atoms with Crippen molar-refractivity contribution < 1.29 is 162 Å². The topological polar surface area (TPSA) is 468 Å². The Morgan fingerprint density at radius 3 is 1.25 bits per heavy atom. The van der Waals surface area contributed by atoms with E-state index in [0.717, 1.165) is 79.9 Å². The van der Waals surface area contributed by atoms with Crippen LogP contribution in [0.25, 0.3) is 10.9 Å². The molecule has 33 nitrogen and oxygen atoms in total. The number of esters is 6. The number of ether oxygens (including phenoxy) is 6. The van der Waals surface area contributed by atoms with Crippen molar-refractivity contribution in [2.24, 2.45) is 0 Å². The van der Waals surface area contributed by atoms with Gasteiger partial charge in [0.2, 0.25) is 50.1 Å². The highest BCUT2D eigenvalue weighted by Gasteiger charge is 2.50. The molecule has 0 amide bonds. The van der Waals surface area contributed by atoms with E-state index in [4.69, 9.17) is 15.8 Å². The summed E-state index contributed by atoms with van der Waals surface area (Å²) in [6, 6.07) is 17.2. The largest absolute Gasteiger partial charge is 0.480 e. The second-order valence-corrected chi connectivity index (χ2v) is 41.8. The van der Waals surface area contributed by atoms with Crippen LogP contribution in [0.3, 0.4) is 0 Å². The zero-order valence-corrected chi connectivity index (χ0v) is 80.7. The molecule has 0 unspecified atom stereocenters. The zero-order valence-electron chi connectivity index (χ0n) is 71.8. The number of aromatic nitrogens is 1. The normalized spacial score (nSPS) is 14.5. The van der Waals surface area contributed by atoms with E-state index < -0.39 is 192 Å². The van der Waals surface area contributed by atoms with E-state index >= 15 is 0 Å². The summed E-state index contributed by atoms with van der Waals surface area (Å²) in [7, 11) is -7.25. The zero-order chi connectivity index (χ0) is 99.7. The molecule has 0 atom stereocenters. The fourth-order valence-electron chi connectivity index (χ4n) is 12.5. The van der Waals surface area contributed by atoms with Crippen LogP contribution in [-0.4, -0.2) is 213 Å². The molecule has 0 saturated heterocycles. The molecule has 2 aliphatic heterocycles. The van der Waals surface area contributed by atoms with Gasteiger partial charge in [-0.3, -0.25) is 4.79 Å². The van der Waals surface area contributed by atoms with Crippen molar-refractivity contribution in [2.75, 3.05) is 97.1 Å². The number of aliphatic carboxylic acids is 1. The molecule has 51 heteroatoms. The second-order valence-electron chi connectivity index (χ2n) is 27.9.